The number of benzene rings is 2. The third-order valence-corrected chi connectivity index (χ3v) is 4.70. The molecule has 7 nitrogen and oxygen atoms in total. The first-order valence-electron chi connectivity index (χ1n) is 9.12. The van der Waals surface area contributed by atoms with Crippen LogP contribution in [-0.2, 0) is 9.53 Å². The molecule has 0 bridgehead atoms. The van der Waals surface area contributed by atoms with Crippen LogP contribution in [0.2, 0.25) is 0 Å². The monoisotopic (exact) mass is 384 g/mol. The second kappa shape index (κ2) is 9.12. The summed E-state index contributed by atoms with van der Waals surface area (Å²) in [6, 6.07) is 14.5. The number of amides is 2. The molecule has 0 aliphatic carbocycles. The lowest BCUT2D eigenvalue weighted by atomic mass is 10.0. The van der Waals surface area contributed by atoms with E-state index in [1.54, 1.807) is 31.4 Å². The van der Waals surface area contributed by atoms with E-state index in [1.807, 2.05) is 29.2 Å². The molecular weight excluding hydrogens is 360 g/mol. The van der Waals surface area contributed by atoms with Gasteiger partial charge in [0.2, 0.25) is 0 Å². The molecule has 7 heteroatoms. The Morgan fingerprint density at radius 2 is 1.86 bits per heavy atom. The molecule has 1 atom stereocenters. The van der Waals surface area contributed by atoms with Gasteiger partial charge in [0.15, 0.2) is 6.61 Å². The van der Waals surface area contributed by atoms with Crippen LogP contribution >= 0.6 is 0 Å². The van der Waals surface area contributed by atoms with Gasteiger partial charge in [-0.15, -0.1) is 0 Å². The number of nitrogens with one attached hydrogen (secondary N) is 1. The molecule has 1 N–H and O–H groups in total. The van der Waals surface area contributed by atoms with Crippen LogP contribution in [-0.4, -0.2) is 44.3 Å². The number of anilines is 1. The van der Waals surface area contributed by atoms with Crippen LogP contribution in [0.1, 0.15) is 24.4 Å². The maximum atomic E-state index is 12.8. The SMILES string of the molecule is COC(=O)COc1ccc(NC(=O)N2CCC[C@@H]2c2ccccc2OC)cc1. The molecular formula is C21H24N2O5. The molecule has 2 amide bonds. The lowest BCUT2D eigenvalue weighted by Crippen LogP contribution is -2.34. The molecule has 3 rings (SSSR count). The van der Waals surface area contributed by atoms with Gasteiger partial charge >= 0.3 is 12.0 Å². The van der Waals surface area contributed by atoms with Crippen LogP contribution in [0, 0.1) is 0 Å². The van der Waals surface area contributed by atoms with Crippen molar-refractivity contribution in [2.45, 2.75) is 18.9 Å². The van der Waals surface area contributed by atoms with Gasteiger partial charge in [-0.1, -0.05) is 18.2 Å². The van der Waals surface area contributed by atoms with Crippen molar-refractivity contribution in [2.24, 2.45) is 0 Å². The van der Waals surface area contributed by atoms with E-state index in [9.17, 15) is 9.59 Å². The second-order valence-electron chi connectivity index (χ2n) is 6.41. The summed E-state index contributed by atoms with van der Waals surface area (Å²) in [6.07, 6.45) is 1.84. The van der Waals surface area contributed by atoms with E-state index in [0.29, 0.717) is 18.0 Å². The van der Waals surface area contributed by atoms with Crippen molar-refractivity contribution in [3.8, 4) is 11.5 Å². The summed E-state index contributed by atoms with van der Waals surface area (Å²) < 4.78 is 15.3. The minimum absolute atomic E-state index is 0.0150. The van der Waals surface area contributed by atoms with Gasteiger partial charge in [-0.3, -0.25) is 0 Å². The van der Waals surface area contributed by atoms with Gasteiger partial charge in [0.25, 0.3) is 0 Å². The molecule has 148 valence electrons. The van der Waals surface area contributed by atoms with Gasteiger partial charge in [-0.2, -0.15) is 0 Å². The average Bonchev–Trinajstić information content (AvgIpc) is 3.22. The Morgan fingerprint density at radius 3 is 2.57 bits per heavy atom. The molecule has 1 fully saturated rings. The lowest BCUT2D eigenvalue weighted by Gasteiger charge is -2.26. The van der Waals surface area contributed by atoms with E-state index in [-0.39, 0.29) is 18.7 Å². The van der Waals surface area contributed by atoms with Crippen molar-refractivity contribution < 1.29 is 23.8 Å². The first-order chi connectivity index (χ1) is 13.6. The lowest BCUT2D eigenvalue weighted by molar-refractivity contribution is -0.142. The third-order valence-electron chi connectivity index (χ3n) is 4.70. The van der Waals surface area contributed by atoms with Gasteiger partial charge in [-0.05, 0) is 43.2 Å². The summed E-state index contributed by atoms with van der Waals surface area (Å²) in [5.41, 5.74) is 1.67. The molecule has 1 aliphatic rings. The standard InChI is InChI=1S/C21H24N2O5/c1-26-19-8-4-3-6-17(19)18-7-5-13-23(18)21(25)22-15-9-11-16(12-10-15)28-14-20(24)27-2/h3-4,6,8-12,18H,5,7,13-14H2,1-2H3,(H,22,25)/t18-/m1/s1. The number of rotatable bonds is 6. The smallest absolute Gasteiger partial charge is 0.343 e. The molecule has 0 aromatic heterocycles. The number of likely N-dealkylation sites (tertiary alicyclic amines) is 1. The quantitative estimate of drug-likeness (QED) is 0.770. The Morgan fingerprint density at radius 1 is 1.11 bits per heavy atom. The number of esters is 1. The minimum Gasteiger partial charge on any atom is -0.496 e. The zero-order chi connectivity index (χ0) is 19.9. The zero-order valence-corrected chi connectivity index (χ0v) is 16.0. The molecule has 1 aliphatic heterocycles. The number of para-hydroxylation sites is 1. The van der Waals surface area contributed by atoms with Crippen molar-refractivity contribution in [3.63, 3.8) is 0 Å². The highest BCUT2D eigenvalue weighted by atomic mass is 16.6. The summed E-state index contributed by atoms with van der Waals surface area (Å²) in [6.45, 7) is 0.533. The highest BCUT2D eigenvalue weighted by Gasteiger charge is 2.31. The van der Waals surface area contributed by atoms with Crippen LogP contribution in [0.3, 0.4) is 0 Å². The van der Waals surface area contributed by atoms with Crippen molar-refractivity contribution >= 4 is 17.7 Å². The number of carbonyl (C=O) groups is 2. The van der Waals surface area contributed by atoms with Crippen LogP contribution in [0.15, 0.2) is 48.5 Å². The predicted molar refractivity (Wildman–Crippen MR) is 105 cm³/mol. The largest absolute Gasteiger partial charge is 0.496 e. The molecule has 0 saturated carbocycles. The fourth-order valence-corrected chi connectivity index (χ4v) is 3.31. The summed E-state index contributed by atoms with van der Waals surface area (Å²) in [4.78, 5) is 25.8. The Kier molecular flexibility index (Phi) is 6.37. The highest BCUT2D eigenvalue weighted by molar-refractivity contribution is 5.90. The van der Waals surface area contributed by atoms with E-state index in [0.717, 1.165) is 24.2 Å². The number of hydrogen-bond acceptors (Lipinski definition) is 5. The molecule has 1 heterocycles. The van der Waals surface area contributed by atoms with Crippen molar-refractivity contribution in [1.82, 2.24) is 4.90 Å². The molecule has 28 heavy (non-hydrogen) atoms. The third kappa shape index (κ3) is 4.54. The summed E-state index contributed by atoms with van der Waals surface area (Å²) in [7, 11) is 2.95. The average molecular weight is 384 g/mol. The molecule has 0 spiro atoms. The van der Waals surface area contributed by atoms with Crippen LogP contribution in [0.4, 0.5) is 10.5 Å². The Balaban J connectivity index is 1.64. The summed E-state index contributed by atoms with van der Waals surface area (Å²) in [5, 5.41) is 2.92. The Bertz CT molecular complexity index is 822. The van der Waals surface area contributed by atoms with Crippen LogP contribution in [0.25, 0.3) is 0 Å². The number of nitrogens with zero attached hydrogens (tertiary/aromatic N) is 1. The molecule has 0 radical (unpaired) electrons. The maximum absolute atomic E-state index is 12.8. The first-order valence-corrected chi connectivity index (χ1v) is 9.12. The molecule has 0 unspecified atom stereocenters. The number of urea groups is 1. The second-order valence-corrected chi connectivity index (χ2v) is 6.41. The van der Waals surface area contributed by atoms with Crippen molar-refractivity contribution in [1.29, 1.82) is 0 Å². The fourth-order valence-electron chi connectivity index (χ4n) is 3.31. The molecule has 2 aromatic carbocycles. The van der Waals surface area contributed by atoms with Crippen molar-refractivity contribution in [2.75, 3.05) is 32.7 Å². The summed E-state index contributed by atoms with van der Waals surface area (Å²) in [5.74, 6) is 0.865. The predicted octanol–water partition coefficient (Wildman–Crippen LogP) is 3.62. The summed E-state index contributed by atoms with van der Waals surface area (Å²) >= 11 is 0. The number of carbonyl (C=O) groups excluding carboxylic acids is 2. The van der Waals surface area contributed by atoms with Gasteiger partial charge in [-0.25, -0.2) is 9.59 Å². The van der Waals surface area contributed by atoms with E-state index >= 15 is 0 Å². The van der Waals surface area contributed by atoms with Gasteiger partial charge in [0.1, 0.15) is 11.5 Å². The van der Waals surface area contributed by atoms with Gasteiger partial charge < -0.3 is 24.4 Å². The maximum Gasteiger partial charge on any atom is 0.343 e. The zero-order valence-electron chi connectivity index (χ0n) is 16.0. The normalized spacial score (nSPS) is 15.8. The number of methoxy groups -OCH3 is 2. The first kappa shape index (κ1) is 19.5. The van der Waals surface area contributed by atoms with E-state index in [4.69, 9.17) is 9.47 Å². The van der Waals surface area contributed by atoms with Crippen molar-refractivity contribution in [3.05, 3.63) is 54.1 Å². The Hall–Kier alpha value is -3.22. The Labute approximate surface area is 164 Å². The number of ether oxygens (including phenoxy) is 3. The molecule has 1 saturated heterocycles. The van der Waals surface area contributed by atoms with Crippen LogP contribution in [0.5, 0.6) is 11.5 Å². The minimum atomic E-state index is -0.450. The van der Waals surface area contributed by atoms with Gasteiger partial charge in [0, 0.05) is 17.8 Å². The fraction of sp³-hybridized carbons (Fsp3) is 0.333. The van der Waals surface area contributed by atoms with E-state index in [1.165, 1.54) is 7.11 Å². The van der Waals surface area contributed by atoms with E-state index in [2.05, 4.69) is 10.1 Å². The molecule has 2 aromatic rings. The topological polar surface area (TPSA) is 77.1 Å². The van der Waals surface area contributed by atoms with E-state index < -0.39 is 5.97 Å². The van der Waals surface area contributed by atoms with Gasteiger partial charge in [0.05, 0.1) is 20.3 Å². The van der Waals surface area contributed by atoms with Crippen LogP contribution < -0.4 is 14.8 Å². The highest BCUT2D eigenvalue weighted by Crippen LogP contribution is 2.37. The number of hydrogen-bond donors (Lipinski definition) is 1.